The Balaban J connectivity index is 1.66. The molecule has 0 spiro atoms. The standard InChI is InChI=1S/C18H16N2O4S/c21-18(24-13-14-5-2-1-3-6-14)12-20-25(22,23)17-8-4-7-15-11-19-10-9-16(15)17/h1-11,20H,12-13H2. The maximum atomic E-state index is 12.5. The minimum atomic E-state index is -3.84. The number of aromatic nitrogens is 1. The zero-order chi connectivity index (χ0) is 17.7. The van der Waals surface area contributed by atoms with Crippen LogP contribution in [0.15, 0.2) is 71.9 Å². The molecule has 1 heterocycles. The largest absolute Gasteiger partial charge is 0.460 e. The van der Waals surface area contributed by atoms with Crippen LogP contribution in [0, 0.1) is 0 Å². The van der Waals surface area contributed by atoms with Gasteiger partial charge in [0.2, 0.25) is 10.0 Å². The molecule has 6 nitrogen and oxygen atoms in total. The molecule has 0 aliphatic rings. The second kappa shape index (κ2) is 7.42. The molecule has 0 fully saturated rings. The van der Waals surface area contributed by atoms with Crippen molar-refractivity contribution in [1.82, 2.24) is 9.71 Å². The zero-order valence-electron chi connectivity index (χ0n) is 13.3. The lowest BCUT2D eigenvalue weighted by molar-refractivity contribution is -0.143. The van der Waals surface area contributed by atoms with Crippen LogP contribution in [0.25, 0.3) is 10.8 Å². The molecule has 7 heteroatoms. The highest BCUT2D eigenvalue weighted by Crippen LogP contribution is 2.21. The maximum Gasteiger partial charge on any atom is 0.321 e. The van der Waals surface area contributed by atoms with Crippen LogP contribution in [0.1, 0.15) is 5.56 Å². The molecule has 1 aromatic heterocycles. The van der Waals surface area contributed by atoms with Gasteiger partial charge in [0.15, 0.2) is 0 Å². The molecule has 0 unspecified atom stereocenters. The van der Waals surface area contributed by atoms with Crippen molar-refractivity contribution in [1.29, 1.82) is 0 Å². The Bertz CT molecular complexity index is 983. The van der Waals surface area contributed by atoms with Crippen LogP contribution in [0.3, 0.4) is 0 Å². The number of hydrogen-bond acceptors (Lipinski definition) is 5. The summed E-state index contributed by atoms with van der Waals surface area (Å²) >= 11 is 0. The lowest BCUT2D eigenvalue weighted by Crippen LogP contribution is -2.30. The minimum absolute atomic E-state index is 0.0985. The third kappa shape index (κ3) is 4.20. The van der Waals surface area contributed by atoms with Gasteiger partial charge in [0.1, 0.15) is 13.2 Å². The number of ether oxygens (including phenoxy) is 1. The van der Waals surface area contributed by atoms with Gasteiger partial charge in [-0.15, -0.1) is 0 Å². The van der Waals surface area contributed by atoms with Crippen LogP contribution in [0.2, 0.25) is 0 Å². The number of pyridine rings is 1. The van der Waals surface area contributed by atoms with Crippen molar-refractivity contribution < 1.29 is 17.9 Å². The van der Waals surface area contributed by atoms with Crippen LogP contribution in [0.4, 0.5) is 0 Å². The summed E-state index contributed by atoms with van der Waals surface area (Å²) in [5.74, 6) is -0.644. The number of nitrogens with one attached hydrogen (secondary N) is 1. The number of hydrogen-bond donors (Lipinski definition) is 1. The van der Waals surface area contributed by atoms with Gasteiger partial charge in [-0.3, -0.25) is 9.78 Å². The van der Waals surface area contributed by atoms with Crippen molar-refractivity contribution in [3.8, 4) is 0 Å². The van der Waals surface area contributed by atoms with Crippen LogP contribution >= 0.6 is 0 Å². The van der Waals surface area contributed by atoms with Crippen LogP contribution in [0.5, 0.6) is 0 Å². The van der Waals surface area contributed by atoms with E-state index in [4.69, 9.17) is 4.74 Å². The number of esters is 1. The van der Waals surface area contributed by atoms with Crippen LogP contribution in [-0.4, -0.2) is 25.9 Å². The van der Waals surface area contributed by atoms with E-state index in [-0.39, 0.29) is 11.5 Å². The normalized spacial score (nSPS) is 11.4. The number of sulfonamides is 1. The maximum absolute atomic E-state index is 12.5. The summed E-state index contributed by atoms with van der Waals surface area (Å²) in [6, 6.07) is 15.7. The summed E-state index contributed by atoms with van der Waals surface area (Å²) in [6.45, 7) is -0.335. The monoisotopic (exact) mass is 356 g/mol. The number of benzene rings is 2. The predicted molar refractivity (Wildman–Crippen MR) is 93.2 cm³/mol. The van der Waals surface area contributed by atoms with Crippen molar-refractivity contribution in [3.05, 3.63) is 72.6 Å². The van der Waals surface area contributed by atoms with E-state index in [0.29, 0.717) is 10.8 Å². The first kappa shape index (κ1) is 17.1. The van der Waals surface area contributed by atoms with Gasteiger partial charge >= 0.3 is 5.97 Å². The summed E-state index contributed by atoms with van der Waals surface area (Å²) in [6.07, 6.45) is 3.11. The van der Waals surface area contributed by atoms with E-state index >= 15 is 0 Å². The molecule has 0 bridgehead atoms. The van der Waals surface area contributed by atoms with Gasteiger partial charge in [-0.25, -0.2) is 8.42 Å². The first-order valence-electron chi connectivity index (χ1n) is 7.58. The van der Waals surface area contributed by atoms with E-state index in [0.717, 1.165) is 5.56 Å². The molecule has 1 N–H and O–H groups in total. The summed E-state index contributed by atoms with van der Waals surface area (Å²) in [4.78, 5) is 15.9. The smallest absolute Gasteiger partial charge is 0.321 e. The first-order chi connectivity index (χ1) is 12.1. The van der Waals surface area contributed by atoms with E-state index in [1.54, 1.807) is 24.4 Å². The SMILES string of the molecule is O=C(CNS(=O)(=O)c1cccc2cnccc12)OCc1ccccc1. The summed E-state index contributed by atoms with van der Waals surface area (Å²) < 4.78 is 32.3. The fourth-order valence-corrected chi connectivity index (χ4v) is 3.54. The molecule has 3 aromatic rings. The Morgan fingerprint density at radius 1 is 1.04 bits per heavy atom. The van der Waals surface area contributed by atoms with Gasteiger partial charge in [0.25, 0.3) is 0 Å². The fraction of sp³-hybridized carbons (Fsp3) is 0.111. The average Bonchev–Trinajstić information content (AvgIpc) is 2.65. The predicted octanol–water partition coefficient (Wildman–Crippen LogP) is 2.26. The van der Waals surface area contributed by atoms with Gasteiger partial charge in [0, 0.05) is 23.2 Å². The zero-order valence-corrected chi connectivity index (χ0v) is 14.1. The highest BCUT2D eigenvalue weighted by Gasteiger charge is 2.18. The van der Waals surface area contributed by atoms with E-state index in [2.05, 4.69) is 9.71 Å². The Morgan fingerprint density at radius 3 is 2.64 bits per heavy atom. The molecular weight excluding hydrogens is 340 g/mol. The molecule has 0 amide bonds. The number of nitrogens with zero attached hydrogens (tertiary/aromatic N) is 1. The highest BCUT2D eigenvalue weighted by atomic mass is 32.2. The topological polar surface area (TPSA) is 85.4 Å². The minimum Gasteiger partial charge on any atom is -0.460 e. The van der Waals surface area contributed by atoms with Crippen molar-refractivity contribution in [2.75, 3.05) is 6.54 Å². The van der Waals surface area contributed by atoms with Crippen molar-refractivity contribution >= 4 is 26.8 Å². The molecule has 25 heavy (non-hydrogen) atoms. The summed E-state index contributed by atoms with van der Waals surface area (Å²) in [5.41, 5.74) is 0.834. The second-order valence-corrected chi connectivity index (χ2v) is 7.06. The Hall–Kier alpha value is -2.77. The molecule has 128 valence electrons. The van der Waals surface area contributed by atoms with Gasteiger partial charge in [-0.2, -0.15) is 4.72 Å². The molecule has 0 aliphatic carbocycles. The molecule has 2 aromatic carbocycles. The summed E-state index contributed by atoms with van der Waals surface area (Å²) in [5, 5.41) is 1.25. The van der Waals surface area contributed by atoms with E-state index in [9.17, 15) is 13.2 Å². The van der Waals surface area contributed by atoms with Crippen LogP contribution in [-0.2, 0) is 26.2 Å². The quantitative estimate of drug-likeness (QED) is 0.685. The molecule has 0 saturated carbocycles. The Labute approximate surface area is 145 Å². The fourth-order valence-electron chi connectivity index (χ4n) is 2.35. The number of rotatable bonds is 6. The molecule has 0 aliphatic heterocycles. The van der Waals surface area contributed by atoms with Crippen molar-refractivity contribution in [2.24, 2.45) is 0 Å². The van der Waals surface area contributed by atoms with E-state index < -0.39 is 22.5 Å². The lowest BCUT2D eigenvalue weighted by atomic mass is 10.2. The van der Waals surface area contributed by atoms with Crippen molar-refractivity contribution in [2.45, 2.75) is 11.5 Å². The third-order valence-corrected chi connectivity index (χ3v) is 5.04. The number of carbonyl (C=O) groups is 1. The Morgan fingerprint density at radius 2 is 1.84 bits per heavy atom. The summed E-state index contributed by atoms with van der Waals surface area (Å²) in [7, 11) is -3.84. The number of carbonyl (C=O) groups excluding carboxylic acids is 1. The Kier molecular flexibility index (Phi) is 5.06. The third-order valence-electron chi connectivity index (χ3n) is 3.58. The highest BCUT2D eigenvalue weighted by molar-refractivity contribution is 7.89. The van der Waals surface area contributed by atoms with Gasteiger partial charge in [0.05, 0.1) is 4.90 Å². The van der Waals surface area contributed by atoms with Gasteiger partial charge in [-0.1, -0.05) is 42.5 Å². The van der Waals surface area contributed by atoms with Crippen molar-refractivity contribution in [3.63, 3.8) is 0 Å². The van der Waals surface area contributed by atoms with E-state index in [1.807, 2.05) is 30.3 Å². The molecule has 0 radical (unpaired) electrons. The average molecular weight is 356 g/mol. The molecule has 0 atom stereocenters. The molecule has 3 rings (SSSR count). The van der Waals surface area contributed by atoms with E-state index in [1.165, 1.54) is 12.3 Å². The van der Waals surface area contributed by atoms with Gasteiger partial charge < -0.3 is 4.74 Å². The lowest BCUT2D eigenvalue weighted by Gasteiger charge is -2.09. The molecular formula is C18H16N2O4S. The van der Waals surface area contributed by atoms with Gasteiger partial charge in [-0.05, 0) is 17.7 Å². The number of fused-ring (bicyclic) bond motifs is 1. The second-order valence-electron chi connectivity index (χ2n) is 5.32. The first-order valence-corrected chi connectivity index (χ1v) is 9.06. The van der Waals surface area contributed by atoms with Crippen LogP contribution < -0.4 is 4.72 Å². The molecule has 0 saturated heterocycles.